The van der Waals surface area contributed by atoms with Crippen molar-refractivity contribution in [2.45, 2.75) is 50.3 Å². The molecule has 0 aliphatic carbocycles. The van der Waals surface area contributed by atoms with Crippen molar-refractivity contribution >= 4 is 73.8 Å². The average molecular weight is 462 g/mol. The summed E-state index contributed by atoms with van der Waals surface area (Å²) in [5, 5.41) is 1.20. The summed E-state index contributed by atoms with van der Waals surface area (Å²) in [5.74, 6) is 0. The standard InChI is InChI=1S/C16H20N2S2Se2/c1-9-11(3)19-15(21)17(9)13-7-5-6-8-14(13)18-10(2)12(4)20-16(18)22/h5-12H,1-4H3. The second kappa shape index (κ2) is 6.66. The normalized spacial score (nSPS) is 32.2. The zero-order chi connectivity index (χ0) is 16.0. The maximum atomic E-state index is 3.26. The zero-order valence-electron chi connectivity index (χ0n) is 13.1. The van der Waals surface area contributed by atoms with E-state index in [-0.39, 0.29) is 0 Å². The Bertz CT molecular complexity index is 569. The Morgan fingerprint density at radius 1 is 0.773 bits per heavy atom. The van der Waals surface area contributed by atoms with E-state index in [9.17, 15) is 0 Å². The first-order valence-electron chi connectivity index (χ1n) is 7.50. The first-order valence-corrected chi connectivity index (χ1v) is 11.0. The Labute approximate surface area is 157 Å². The van der Waals surface area contributed by atoms with E-state index in [0.29, 0.717) is 22.6 Å². The van der Waals surface area contributed by atoms with Crippen LogP contribution in [-0.2, 0) is 0 Å². The van der Waals surface area contributed by atoms with Gasteiger partial charge in [0.2, 0.25) is 0 Å². The molecule has 2 nitrogen and oxygen atoms in total. The topological polar surface area (TPSA) is 6.48 Å². The van der Waals surface area contributed by atoms with E-state index >= 15 is 0 Å². The van der Waals surface area contributed by atoms with E-state index in [1.807, 2.05) is 23.5 Å². The van der Waals surface area contributed by atoms with Crippen molar-refractivity contribution in [1.82, 2.24) is 0 Å². The molecule has 0 N–H and O–H groups in total. The Balaban J connectivity index is 2.05. The molecule has 4 unspecified atom stereocenters. The predicted octanol–water partition coefficient (Wildman–Crippen LogP) is 2.86. The molecule has 3 rings (SSSR count). The summed E-state index contributed by atoms with van der Waals surface area (Å²) in [6, 6.07) is 9.76. The molecular formula is C16H20N2S2Se2. The maximum absolute atomic E-state index is 3.26. The molecule has 4 atom stereocenters. The fourth-order valence-electron chi connectivity index (χ4n) is 2.89. The Morgan fingerprint density at radius 3 is 1.41 bits per heavy atom. The third-order valence-electron chi connectivity index (χ3n) is 4.54. The quantitative estimate of drug-likeness (QED) is 0.624. The van der Waals surface area contributed by atoms with Crippen LogP contribution in [0.1, 0.15) is 27.7 Å². The van der Waals surface area contributed by atoms with Crippen LogP contribution in [0.5, 0.6) is 0 Å². The van der Waals surface area contributed by atoms with Gasteiger partial charge >= 0.3 is 158 Å². The summed E-state index contributed by atoms with van der Waals surface area (Å²) in [4.78, 5) is 4.91. The number of benzene rings is 1. The van der Waals surface area contributed by atoms with Crippen molar-refractivity contribution in [3.8, 4) is 0 Å². The van der Waals surface area contributed by atoms with Crippen LogP contribution in [0, 0.1) is 0 Å². The van der Waals surface area contributed by atoms with E-state index in [1.165, 1.54) is 19.1 Å². The van der Waals surface area contributed by atoms with Crippen LogP contribution in [0.15, 0.2) is 24.3 Å². The average Bonchev–Trinajstić information content (AvgIpc) is 2.87. The van der Waals surface area contributed by atoms with Crippen molar-refractivity contribution in [1.29, 1.82) is 0 Å². The molecule has 2 heterocycles. The third kappa shape index (κ3) is 2.87. The number of anilines is 2. The summed E-state index contributed by atoms with van der Waals surface area (Å²) in [6.45, 7) is 9.23. The van der Waals surface area contributed by atoms with Crippen LogP contribution in [0.4, 0.5) is 11.4 Å². The van der Waals surface area contributed by atoms with Gasteiger partial charge in [-0.25, -0.2) is 0 Å². The fraction of sp³-hybridized carbons (Fsp3) is 0.500. The minimum absolute atomic E-state index is 0.495. The van der Waals surface area contributed by atoms with Gasteiger partial charge in [-0.3, -0.25) is 0 Å². The number of rotatable bonds is 2. The van der Waals surface area contributed by atoms with Crippen LogP contribution in [0.25, 0.3) is 0 Å². The van der Waals surface area contributed by atoms with Crippen LogP contribution >= 0.6 is 23.5 Å². The van der Waals surface area contributed by atoms with Gasteiger partial charge in [-0.1, -0.05) is 0 Å². The van der Waals surface area contributed by atoms with Crippen molar-refractivity contribution in [3.63, 3.8) is 0 Å². The molecule has 2 aliphatic rings. The molecule has 1 aromatic carbocycles. The third-order valence-corrected chi connectivity index (χ3v) is 8.91. The summed E-state index contributed by atoms with van der Waals surface area (Å²) >= 11 is 10.4. The van der Waals surface area contributed by atoms with Gasteiger partial charge in [-0.15, -0.1) is 0 Å². The van der Waals surface area contributed by atoms with Gasteiger partial charge in [-0.2, -0.15) is 0 Å². The zero-order valence-corrected chi connectivity index (χ0v) is 18.2. The van der Waals surface area contributed by atoms with E-state index in [4.69, 9.17) is 0 Å². The van der Waals surface area contributed by atoms with Gasteiger partial charge in [0.1, 0.15) is 0 Å². The van der Waals surface area contributed by atoms with Crippen molar-refractivity contribution in [2.75, 3.05) is 9.80 Å². The number of thioether (sulfide) groups is 2. The first kappa shape index (κ1) is 17.1. The van der Waals surface area contributed by atoms with Gasteiger partial charge in [0.05, 0.1) is 0 Å². The summed E-state index contributed by atoms with van der Waals surface area (Å²) in [6.07, 6.45) is 0. The van der Waals surface area contributed by atoms with Crippen molar-refractivity contribution in [2.24, 2.45) is 0 Å². The summed E-state index contributed by atoms with van der Waals surface area (Å²) in [5.41, 5.74) is 2.60. The van der Waals surface area contributed by atoms with Gasteiger partial charge in [0.15, 0.2) is 0 Å². The Hall–Kier alpha value is 0.299. The Morgan fingerprint density at radius 2 is 1.14 bits per heavy atom. The molecule has 0 spiro atoms. The van der Waals surface area contributed by atoms with Crippen LogP contribution in [0.3, 0.4) is 0 Å². The van der Waals surface area contributed by atoms with Gasteiger partial charge in [0, 0.05) is 0 Å². The summed E-state index contributed by atoms with van der Waals surface area (Å²) < 4.78 is 2.56. The molecule has 22 heavy (non-hydrogen) atoms. The number of hydrogen-bond acceptors (Lipinski definition) is 4. The molecule has 0 bridgehead atoms. The van der Waals surface area contributed by atoms with Crippen LogP contribution < -0.4 is 9.80 Å². The van der Waals surface area contributed by atoms with E-state index < -0.39 is 0 Å². The van der Waals surface area contributed by atoms with E-state index in [0.717, 1.165) is 0 Å². The molecule has 2 saturated heterocycles. The van der Waals surface area contributed by atoms with Crippen molar-refractivity contribution < 1.29 is 0 Å². The van der Waals surface area contributed by atoms with Crippen LogP contribution in [0.2, 0.25) is 0 Å². The molecule has 1 aromatic rings. The van der Waals surface area contributed by atoms with Crippen LogP contribution in [-0.4, -0.2) is 61.5 Å². The second-order valence-corrected chi connectivity index (χ2v) is 11.4. The molecule has 6 heteroatoms. The molecule has 0 radical (unpaired) electrons. The minimum atomic E-state index is 0.495. The molecule has 118 valence electrons. The molecule has 0 aromatic heterocycles. The number of nitrogens with zero attached hydrogens (tertiary/aromatic N) is 2. The molecule has 0 saturated carbocycles. The fourth-order valence-corrected chi connectivity index (χ4v) is 7.94. The molecule has 2 fully saturated rings. The monoisotopic (exact) mass is 464 g/mol. The first-order chi connectivity index (χ1) is 10.4. The summed E-state index contributed by atoms with van der Waals surface area (Å²) in [7, 11) is 0. The van der Waals surface area contributed by atoms with Gasteiger partial charge < -0.3 is 0 Å². The van der Waals surface area contributed by atoms with Crippen molar-refractivity contribution in [3.05, 3.63) is 24.3 Å². The van der Waals surface area contributed by atoms with E-state index in [1.54, 1.807) is 0 Å². The van der Waals surface area contributed by atoms with E-state index in [2.05, 4.69) is 92.9 Å². The van der Waals surface area contributed by atoms with Gasteiger partial charge in [0.25, 0.3) is 0 Å². The van der Waals surface area contributed by atoms with Gasteiger partial charge in [-0.05, 0) is 0 Å². The Kier molecular flexibility index (Phi) is 5.19. The number of para-hydroxylation sites is 2. The molecule has 2 aliphatic heterocycles. The molecule has 0 amide bonds. The SMILES string of the molecule is CC1SC(=[Se])N(c2ccccc2N2C(=[Se])SC(C)C2C)C1C. The molecular weight excluding hydrogens is 442 g/mol. The second-order valence-electron chi connectivity index (χ2n) is 5.89. The predicted molar refractivity (Wildman–Crippen MR) is 106 cm³/mol. The number of hydrogen-bond donors (Lipinski definition) is 0.